The van der Waals surface area contributed by atoms with Crippen LogP contribution in [-0.2, 0) is 13.0 Å². The summed E-state index contributed by atoms with van der Waals surface area (Å²) < 4.78 is 1.07. The number of amides is 1. The molecule has 6 rings (SSSR count). The summed E-state index contributed by atoms with van der Waals surface area (Å²) in [4.78, 5) is 29.6. The van der Waals surface area contributed by atoms with Crippen molar-refractivity contribution in [3.05, 3.63) is 45.7 Å². The largest absolute Gasteiger partial charge is 0.381 e. The highest BCUT2D eigenvalue weighted by Crippen LogP contribution is 2.41. The molecular formula is C23H21ClN6OS. The average molecular weight is 465 g/mol. The van der Waals surface area contributed by atoms with Gasteiger partial charge in [0.25, 0.3) is 5.91 Å². The molecule has 0 bridgehead atoms. The Labute approximate surface area is 193 Å². The van der Waals surface area contributed by atoms with Gasteiger partial charge in [-0.2, -0.15) is 0 Å². The van der Waals surface area contributed by atoms with Crippen LogP contribution in [0.2, 0.25) is 5.28 Å². The Kier molecular flexibility index (Phi) is 4.57. The van der Waals surface area contributed by atoms with Crippen LogP contribution in [0.3, 0.4) is 0 Å². The highest BCUT2D eigenvalue weighted by Gasteiger charge is 2.26. The zero-order chi connectivity index (χ0) is 22.0. The van der Waals surface area contributed by atoms with Gasteiger partial charge in [-0.3, -0.25) is 4.79 Å². The highest BCUT2D eigenvalue weighted by molar-refractivity contribution is 7.21. The first kappa shape index (κ1) is 19.8. The molecule has 0 spiro atoms. The molecule has 9 heteroatoms. The summed E-state index contributed by atoms with van der Waals surface area (Å²) in [5.74, 6) is -0.0252. The van der Waals surface area contributed by atoms with E-state index in [4.69, 9.17) is 16.6 Å². The van der Waals surface area contributed by atoms with Gasteiger partial charge in [-0.15, -0.1) is 11.3 Å². The van der Waals surface area contributed by atoms with E-state index in [1.165, 1.54) is 11.3 Å². The maximum absolute atomic E-state index is 12.7. The number of pyridine rings is 1. The number of carbonyl (C=O) groups excluding carboxylic acids is 1. The molecule has 4 aromatic rings. The molecule has 32 heavy (non-hydrogen) atoms. The van der Waals surface area contributed by atoms with Crippen molar-refractivity contribution in [2.75, 3.05) is 25.5 Å². The third-order valence-corrected chi connectivity index (χ3v) is 7.48. The quantitative estimate of drug-likeness (QED) is 0.413. The van der Waals surface area contributed by atoms with Gasteiger partial charge in [-0.1, -0.05) is 0 Å². The molecule has 2 N–H and O–H groups in total. The molecule has 0 unspecified atom stereocenters. The molecule has 3 aromatic heterocycles. The number of carbonyl (C=O) groups is 1. The van der Waals surface area contributed by atoms with E-state index in [0.29, 0.717) is 6.54 Å². The van der Waals surface area contributed by atoms with Gasteiger partial charge in [0, 0.05) is 53.1 Å². The van der Waals surface area contributed by atoms with Crippen LogP contribution < -0.4 is 10.6 Å². The second kappa shape index (κ2) is 7.37. The number of halogens is 1. The number of nitrogens with zero attached hydrogens (tertiary/aromatic N) is 4. The van der Waals surface area contributed by atoms with Crippen LogP contribution in [-0.4, -0.2) is 51.9 Å². The lowest BCUT2D eigenvalue weighted by Gasteiger charge is -2.25. The normalized spacial score (nSPS) is 18.7. The smallest absolute Gasteiger partial charge is 0.263 e. The van der Waals surface area contributed by atoms with Crippen LogP contribution in [0.25, 0.3) is 32.4 Å². The van der Waals surface area contributed by atoms with E-state index < -0.39 is 0 Å². The van der Waals surface area contributed by atoms with E-state index in [2.05, 4.69) is 38.6 Å². The van der Waals surface area contributed by atoms with Crippen LogP contribution in [0, 0.1) is 0 Å². The number of hydrogen-bond acceptors (Lipinski definition) is 7. The number of fused-ring (bicyclic) bond motifs is 6. The van der Waals surface area contributed by atoms with Gasteiger partial charge < -0.3 is 15.5 Å². The molecular weight excluding hydrogens is 444 g/mol. The number of thiophene rings is 1. The molecule has 1 atom stereocenters. The molecule has 0 aliphatic carbocycles. The maximum atomic E-state index is 12.7. The Morgan fingerprint density at radius 1 is 1.19 bits per heavy atom. The average Bonchev–Trinajstić information content (AvgIpc) is 3.10. The lowest BCUT2D eigenvalue weighted by atomic mass is 10.0. The summed E-state index contributed by atoms with van der Waals surface area (Å²) in [7, 11) is 2.10. The van der Waals surface area contributed by atoms with Crippen molar-refractivity contribution >= 4 is 55.5 Å². The topological polar surface area (TPSA) is 83.0 Å². The monoisotopic (exact) mass is 464 g/mol. The fraction of sp³-hybridized carbons (Fsp3) is 0.304. The van der Waals surface area contributed by atoms with Gasteiger partial charge in [0.05, 0.1) is 28.3 Å². The van der Waals surface area contributed by atoms with E-state index in [1.807, 2.05) is 25.1 Å². The molecule has 0 fully saturated rings. The zero-order valence-corrected chi connectivity index (χ0v) is 19.3. The van der Waals surface area contributed by atoms with Gasteiger partial charge in [0.15, 0.2) is 0 Å². The minimum atomic E-state index is -0.0252. The summed E-state index contributed by atoms with van der Waals surface area (Å²) in [6, 6.07) is 8.21. The Bertz CT molecular complexity index is 1420. The second-order valence-electron chi connectivity index (χ2n) is 8.52. The Morgan fingerprint density at radius 2 is 2.06 bits per heavy atom. The van der Waals surface area contributed by atoms with E-state index in [1.54, 1.807) is 0 Å². The zero-order valence-electron chi connectivity index (χ0n) is 17.7. The Morgan fingerprint density at radius 3 is 2.94 bits per heavy atom. The van der Waals surface area contributed by atoms with Crippen molar-refractivity contribution in [3.8, 4) is 11.4 Å². The van der Waals surface area contributed by atoms with Crippen molar-refractivity contribution < 1.29 is 4.79 Å². The molecule has 5 heterocycles. The second-order valence-corrected chi connectivity index (χ2v) is 9.91. The molecule has 2 aliphatic rings. The van der Waals surface area contributed by atoms with Gasteiger partial charge in [0.1, 0.15) is 4.88 Å². The first-order valence-corrected chi connectivity index (χ1v) is 11.8. The summed E-state index contributed by atoms with van der Waals surface area (Å²) in [5.41, 5.74) is 5.44. The minimum absolute atomic E-state index is 0.0252. The van der Waals surface area contributed by atoms with Gasteiger partial charge in [-0.25, -0.2) is 15.0 Å². The summed E-state index contributed by atoms with van der Waals surface area (Å²) in [6.45, 7) is 4.41. The number of anilines is 1. The first-order valence-electron chi connectivity index (χ1n) is 10.6. The lowest BCUT2D eigenvalue weighted by molar-refractivity contribution is 0.0949. The predicted octanol–water partition coefficient (Wildman–Crippen LogP) is 4.09. The predicted molar refractivity (Wildman–Crippen MR) is 129 cm³/mol. The third-order valence-electron chi connectivity index (χ3n) is 6.16. The Balaban J connectivity index is 1.54. The van der Waals surface area contributed by atoms with E-state index >= 15 is 0 Å². The molecule has 1 amide bonds. The van der Waals surface area contributed by atoms with Crippen molar-refractivity contribution in [3.63, 3.8) is 0 Å². The van der Waals surface area contributed by atoms with Crippen molar-refractivity contribution in [2.24, 2.45) is 0 Å². The van der Waals surface area contributed by atoms with Crippen molar-refractivity contribution in [1.29, 1.82) is 0 Å². The summed E-state index contributed by atoms with van der Waals surface area (Å²) in [5, 5.41) is 8.84. The third kappa shape index (κ3) is 3.13. The fourth-order valence-electron chi connectivity index (χ4n) is 4.59. The number of rotatable bonds is 1. The SMILES string of the molecule is C[C@@H]1CNc2c(sc3ccc4nc(-c5nc(Cl)nc6c5CN(C)CC6)ccc4c23)C(=O)N1. The maximum Gasteiger partial charge on any atom is 0.263 e. The summed E-state index contributed by atoms with van der Waals surface area (Å²) >= 11 is 7.78. The van der Waals surface area contributed by atoms with Crippen LogP contribution in [0.5, 0.6) is 0 Å². The van der Waals surface area contributed by atoms with Crippen LogP contribution >= 0.6 is 22.9 Å². The van der Waals surface area contributed by atoms with E-state index in [-0.39, 0.29) is 17.2 Å². The van der Waals surface area contributed by atoms with Gasteiger partial charge in [0.2, 0.25) is 5.28 Å². The number of benzene rings is 1. The van der Waals surface area contributed by atoms with Crippen LogP contribution in [0.1, 0.15) is 27.9 Å². The number of hydrogen-bond donors (Lipinski definition) is 2. The molecule has 2 aliphatic heterocycles. The van der Waals surface area contributed by atoms with Crippen molar-refractivity contribution in [1.82, 2.24) is 25.2 Å². The molecule has 7 nitrogen and oxygen atoms in total. The summed E-state index contributed by atoms with van der Waals surface area (Å²) in [6.07, 6.45) is 0.850. The van der Waals surface area contributed by atoms with Crippen molar-refractivity contribution in [2.45, 2.75) is 25.9 Å². The fourth-order valence-corrected chi connectivity index (χ4v) is 5.87. The van der Waals surface area contributed by atoms with E-state index in [9.17, 15) is 4.79 Å². The molecule has 0 radical (unpaired) electrons. The standard InChI is InChI=1S/C23H21ClN6OS/c1-11-9-25-20-18-12-3-4-16(19-13-10-30(2)8-7-15(13)28-23(24)29-19)27-14(12)5-6-17(18)32-21(20)22(31)26-11/h3-6,11,25H,7-10H2,1-2H3,(H,26,31)/t11-/m1/s1. The van der Waals surface area contributed by atoms with Gasteiger partial charge in [-0.05, 0) is 49.8 Å². The lowest BCUT2D eigenvalue weighted by Crippen LogP contribution is -2.34. The highest BCUT2D eigenvalue weighted by atomic mass is 35.5. The van der Waals surface area contributed by atoms with Crippen LogP contribution in [0.15, 0.2) is 24.3 Å². The van der Waals surface area contributed by atoms with Crippen LogP contribution in [0.4, 0.5) is 5.69 Å². The van der Waals surface area contributed by atoms with Gasteiger partial charge >= 0.3 is 0 Å². The number of nitrogens with one attached hydrogen (secondary N) is 2. The number of aromatic nitrogens is 3. The molecule has 0 saturated carbocycles. The molecule has 0 saturated heterocycles. The molecule has 1 aromatic carbocycles. The van der Waals surface area contributed by atoms with E-state index in [0.717, 1.165) is 73.7 Å². The number of likely N-dealkylation sites (N-methyl/N-ethyl adjacent to an activating group) is 1. The molecule has 162 valence electrons. The Hall–Kier alpha value is -2.81. The first-order chi connectivity index (χ1) is 15.5. The minimum Gasteiger partial charge on any atom is -0.381 e.